The molecule has 0 radical (unpaired) electrons. The molecular formula is C15H20ClN3O3. The van der Waals surface area contributed by atoms with Gasteiger partial charge in [0.15, 0.2) is 0 Å². The van der Waals surface area contributed by atoms with Crippen LogP contribution in [0.15, 0.2) is 18.2 Å². The normalized spacial score (nSPS) is 14.7. The smallest absolute Gasteiger partial charge is 0.319 e. The number of hydrogen-bond donors (Lipinski definition) is 0. The fourth-order valence-corrected chi connectivity index (χ4v) is 2.57. The molecule has 0 unspecified atom stereocenters. The summed E-state index contributed by atoms with van der Waals surface area (Å²) in [4.78, 5) is 29.5. The van der Waals surface area contributed by atoms with Gasteiger partial charge in [-0.15, -0.1) is 0 Å². The fourth-order valence-electron chi connectivity index (χ4n) is 2.40. The van der Waals surface area contributed by atoms with Crippen LogP contribution in [-0.2, 0) is 0 Å². The fraction of sp³-hybridized carbons (Fsp3) is 0.467. The first kappa shape index (κ1) is 16.4. The number of carbonyl (C=O) groups is 2. The second-order valence-electron chi connectivity index (χ2n) is 5.30. The third-order valence-corrected chi connectivity index (χ3v) is 3.85. The molecule has 1 aliphatic heterocycles. The monoisotopic (exact) mass is 325 g/mol. The molecule has 1 aromatic rings. The van der Waals surface area contributed by atoms with Crippen LogP contribution in [0.1, 0.15) is 10.4 Å². The van der Waals surface area contributed by atoms with Crippen LogP contribution in [0.3, 0.4) is 0 Å². The highest BCUT2D eigenvalue weighted by Gasteiger charge is 2.27. The molecule has 120 valence electrons. The van der Waals surface area contributed by atoms with Gasteiger partial charge in [0, 0.05) is 45.3 Å². The number of hydrogen-bond acceptors (Lipinski definition) is 3. The van der Waals surface area contributed by atoms with Gasteiger partial charge in [-0.1, -0.05) is 11.6 Å². The molecule has 0 N–H and O–H groups in total. The summed E-state index contributed by atoms with van der Waals surface area (Å²) in [5.41, 5.74) is 0.447. The van der Waals surface area contributed by atoms with Crippen molar-refractivity contribution in [3.63, 3.8) is 0 Å². The van der Waals surface area contributed by atoms with Crippen molar-refractivity contribution in [2.75, 3.05) is 47.4 Å². The first-order chi connectivity index (χ1) is 10.4. The maximum atomic E-state index is 12.6. The number of ether oxygens (including phenoxy) is 1. The lowest BCUT2D eigenvalue weighted by atomic mass is 10.1. The Hall–Kier alpha value is -1.95. The van der Waals surface area contributed by atoms with Crippen LogP contribution in [0.5, 0.6) is 5.75 Å². The van der Waals surface area contributed by atoms with Gasteiger partial charge < -0.3 is 19.4 Å². The summed E-state index contributed by atoms with van der Waals surface area (Å²) in [5.74, 6) is 0.373. The topological polar surface area (TPSA) is 53.1 Å². The second-order valence-corrected chi connectivity index (χ2v) is 5.74. The number of nitrogens with zero attached hydrogens (tertiary/aromatic N) is 3. The Morgan fingerprint density at radius 2 is 1.73 bits per heavy atom. The van der Waals surface area contributed by atoms with E-state index in [0.29, 0.717) is 42.5 Å². The molecular weight excluding hydrogens is 306 g/mol. The lowest BCUT2D eigenvalue weighted by molar-refractivity contribution is 0.0647. The molecule has 6 nitrogen and oxygen atoms in total. The highest BCUT2D eigenvalue weighted by atomic mass is 35.5. The molecule has 1 aromatic carbocycles. The molecule has 1 fully saturated rings. The van der Waals surface area contributed by atoms with Crippen molar-refractivity contribution in [3.05, 3.63) is 28.8 Å². The Labute approximate surface area is 135 Å². The van der Waals surface area contributed by atoms with Gasteiger partial charge in [-0.25, -0.2) is 4.79 Å². The van der Waals surface area contributed by atoms with Crippen LogP contribution >= 0.6 is 11.6 Å². The lowest BCUT2D eigenvalue weighted by Gasteiger charge is -2.36. The molecule has 0 bridgehead atoms. The molecule has 1 aliphatic rings. The molecule has 1 heterocycles. The number of urea groups is 1. The van der Waals surface area contributed by atoms with Crippen LogP contribution in [0.4, 0.5) is 4.79 Å². The Morgan fingerprint density at radius 3 is 2.27 bits per heavy atom. The number of rotatable bonds is 2. The predicted octanol–water partition coefficient (Wildman–Crippen LogP) is 1.79. The minimum Gasteiger partial charge on any atom is -0.496 e. The minimum absolute atomic E-state index is 0.0348. The van der Waals surface area contributed by atoms with Gasteiger partial charge in [0.1, 0.15) is 5.75 Å². The zero-order valence-electron chi connectivity index (χ0n) is 13.0. The summed E-state index contributed by atoms with van der Waals surface area (Å²) >= 11 is 5.97. The number of piperazine rings is 1. The molecule has 22 heavy (non-hydrogen) atoms. The summed E-state index contributed by atoms with van der Waals surface area (Å²) < 4.78 is 5.23. The molecule has 0 saturated carbocycles. The van der Waals surface area contributed by atoms with E-state index in [-0.39, 0.29) is 11.9 Å². The van der Waals surface area contributed by atoms with Gasteiger partial charge in [-0.3, -0.25) is 4.79 Å². The number of halogens is 1. The Balaban J connectivity index is 2.07. The minimum atomic E-state index is -0.128. The van der Waals surface area contributed by atoms with Crippen molar-refractivity contribution in [2.24, 2.45) is 0 Å². The van der Waals surface area contributed by atoms with Gasteiger partial charge in [0.2, 0.25) is 0 Å². The van der Waals surface area contributed by atoms with E-state index in [1.54, 1.807) is 42.1 Å². The lowest BCUT2D eigenvalue weighted by Crippen LogP contribution is -2.52. The van der Waals surface area contributed by atoms with Gasteiger partial charge in [-0.2, -0.15) is 0 Å². The van der Waals surface area contributed by atoms with Gasteiger partial charge >= 0.3 is 6.03 Å². The average Bonchev–Trinajstić information content (AvgIpc) is 2.53. The highest BCUT2D eigenvalue weighted by molar-refractivity contribution is 6.31. The van der Waals surface area contributed by atoms with Crippen LogP contribution in [0.2, 0.25) is 5.02 Å². The van der Waals surface area contributed by atoms with Crippen molar-refractivity contribution in [3.8, 4) is 5.75 Å². The first-order valence-corrected chi connectivity index (χ1v) is 7.41. The maximum Gasteiger partial charge on any atom is 0.319 e. The van der Waals surface area contributed by atoms with Crippen LogP contribution in [0.25, 0.3) is 0 Å². The molecule has 0 aliphatic carbocycles. The Kier molecular flexibility index (Phi) is 5.13. The summed E-state index contributed by atoms with van der Waals surface area (Å²) in [6.45, 7) is 2.03. The third kappa shape index (κ3) is 3.44. The van der Waals surface area contributed by atoms with E-state index in [2.05, 4.69) is 0 Å². The highest BCUT2D eigenvalue weighted by Crippen LogP contribution is 2.24. The Bertz CT molecular complexity index is 569. The van der Waals surface area contributed by atoms with E-state index in [9.17, 15) is 9.59 Å². The summed E-state index contributed by atoms with van der Waals surface area (Å²) in [7, 11) is 4.96. The quantitative estimate of drug-likeness (QED) is 0.833. The van der Waals surface area contributed by atoms with Crippen molar-refractivity contribution < 1.29 is 14.3 Å². The van der Waals surface area contributed by atoms with E-state index in [0.717, 1.165) is 0 Å². The molecule has 0 atom stereocenters. The predicted molar refractivity (Wildman–Crippen MR) is 84.6 cm³/mol. The first-order valence-electron chi connectivity index (χ1n) is 7.03. The summed E-state index contributed by atoms with van der Waals surface area (Å²) in [6.07, 6.45) is 0. The molecule has 0 spiro atoms. The number of amides is 3. The van der Waals surface area contributed by atoms with Crippen LogP contribution in [0, 0.1) is 0 Å². The number of benzene rings is 1. The molecule has 7 heteroatoms. The van der Waals surface area contributed by atoms with Crippen molar-refractivity contribution >= 4 is 23.5 Å². The van der Waals surface area contributed by atoms with E-state index < -0.39 is 0 Å². The van der Waals surface area contributed by atoms with E-state index in [1.807, 2.05) is 0 Å². The number of methoxy groups -OCH3 is 1. The molecule has 1 saturated heterocycles. The molecule has 2 rings (SSSR count). The average molecular weight is 326 g/mol. The zero-order valence-corrected chi connectivity index (χ0v) is 13.8. The molecule has 3 amide bonds. The van der Waals surface area contributed by atoms with Gasteiger partial charge in [0.25, 0.3) is 5.91 Å². The SMILES string of the molecule is COc1ccc(Cl)cc1C(=O)N1CCN(C(=O)N(C)C)CC1. The standard InChI is InChI=1S/C15H20ClN3O3/c1-17(2)15(21)19-8-6-18(7-9-19)14(20)12-10-11(16)4-5-13(12)22-3/h4-5,10H,6-9H2,1-3H3. The molecule has 0 aromatic heterocycles. The second kappa shape index (κ2) is 6.87. The maximum absolute atomic E-state index is 12.6. The third-order valence-electron chi connectivity index (χ3n) is 3.61. The van der Waals surface area contributed by atoms with E-state index in [4.69, 9.17) is 16.3 Å². The van der Waals surface area contributed by atoms with Crippen molar-refractivity contribution in [2.45, 2.75) is 0 Å². The van der Waals surface area contributed by atoms with Crippen LogP contribution < -0.4 is 4.74 Å². The summed E-state index contributed by atoms with van der Waals surface area (Å²) in [5, 5.41) is 0.491. The van der Waals surface area contributed by atoms with E-state index in [1.165, 1.54) is 12.0 Å². The van der Waals surface area contributed by atoms with E-state index >= 15 is 0 Å². The van der Waals surface area contributed by atoms with Crippen LogP contribution in [-0.4, -0.2) is 74.0 Å². The Morgan fingerprint density at radius 1 is 1.14 bits per heavy atom. The van der Waals surface area contributed by atoms with Crippen molar-refractivity contribution in [1.29, 1.82) is 0 Å². The number of carbonyl (C=O) groups excluding carboxylic acids is 2. The zero-order chi connectivity index (χ0) is 16.3. The largest absolute Gasteiger partial charge is 0.496 e. The van der Waals surface area contributed by atoms with Gasteiger partial charge in [-0.05, 0) is 18.2 Å². The van der Waals surface area contributed by atoms with Gasteiger partial charge in [0.05, 0.1) is 12.7 Å². The summed E-state index contributed by atoms with van der Waals surface area (Å²) in [6, 6.07) is 4.94. The van der Waals surface area contributed by atoms with Crippen molar-refractivity contribution in [1.82, 2.24) is 14.7 Å².